The fraction of sp³-hybridized carbons (Fsp3) is 0.381. The van der Waals surface area contributed by atoms with Gasteiger partial charge in [-0.1, -0.05) is 25.5 Å². The number of rotatable bonds is 9. The van der Waals surface area contributed by atoms with Crippen LogP contribution in [0.4, 0.5) is 5.82 Å². The Morgan fingerprint density at radius 2 is 1.70 bits per heavy atom. The SMILES string of the molecule is CCCCOc1nc(N)c2ncn(CCCCN3C(=O)c4ccccc4C3=O)c2n1. The van der Waals surface area contributed by atoms with E-state index in [2.05, 4.69) is 21.9 Å². The van der Waals surface area contributed by atoms with E-state index in [0.717, 1.165) is 19.3 Å². The first-order valence-electron chi connectivity index (χ1n) is 10.2. The van der Waals surface area contributed by atoms with Gasteiger partial charge in [-0.2, -0.15) is 9.97 Å². The van der Waals surface area contributed by atoms with E-state index >= 15 is 0 Å². The molecule has 0 aliphatic carbocycles. The fourth-order valence-corrected chi connectivity index (χ4v) is 3.48. The molecule has 0 saturated heterocycles. The first kappa shape index (κ1) is 19.8. The number of nitrogen functional groups attached to an aromatic ring is 1. The standard InChI is InChI=1S/C21H24N6O3/c1-2-3-12-30-21-24-17(22)16-18(25-21)26(13-23-16)10-6-7-11-27-19(28)14-8-4-5-9-15(14)20(27)29/h4-5,8-9,13H,2-3,6-7,10-12H2,1H3,(H2,22,24,25). The summed E-state index contributed by atoms with van der Waals surface area (Å²) in [5, 5.41) is 0. The number of aromatic nitrogens is 4. The van der Waals surface area contributed by atoms with Crippen molar-refractivity contribution in [3.8, 4) is 6.01 Å². The summed E-state index contributed by atoms with van der Waals surface area (Å²) in [7, 11) is 0. The highest BCUT2D eigenvalue weighted by Gasteiger charge is 2.34. The Hall–Kier alpha value is -3.49. The van der Waals surface area contributed by atoms with E-state index in [0.29, 0.717) is 48.4 Å². The van der Waals surface area contributed by atoms with Crippen molar-refractivity contribution >= 4 is 28.8 Å². The van der Waals surface area contributed by atoms with Crippen LogP contribution in [0.1, 0.15) is 53.3 Å². The number of benzene rings is 1. The summed E-state index contributed by atoms with van der Waals surface area (Å²) in [6.45, 7) is 3.63. The Morgan fingerprint density at radius 1 is 1.00 bits per heavy atom. The molecule has 30 heavy (non-hydrogen) atoms. The number of aryl methyl sites for hydroxylation is 1. The van der Waals surface area contributed by atoms with Gasteiger partial charge in [0.1, 0.15) is 5.52 Å². The molecule has 2 aromatic heterocycles. The highest BCUT2D eigenvalue weighted by atomic mass is 16.5. The van der Waals surface area contributed by atoms with Crippen LogP contribution in [0.3, 0.4) is 0 Å². The van der Waals surface area contributed by atoms with Gasteiger partial charge in [0.2, 0.25) is 0 Å². The molecule has 4 rings (SSSR count). The van der Waals surface area contributed by atoms with Crippen LogP contribution in [0.15, 0.2) is 30.6 Å². The molecular formula is C21H24N6O3. The summed E-state index contributed by atoms with van der Waals surface area (Å²) >= 11 is 0. The topological polar surface area (TPSA) is 116 Å². The average molecular weight is 408 g/mol. The summed E-state index contributed by atoms with van der Waals surface area (Å²) in [6, 6.07) is 7.17. The second kappa shape index (κ2) is 8.48. The maximum absolute atomic E-state index is 12.4. The quantitative estimate of drug-likeness (QED) is 0.427. The predicted octanol–water partition coefficient (Wildman–Crippen LogP) is 2.66. The zero-order chi connectivity index (χ0) is 21.1. The normalized spacial score (nSPS) is 13.3. The van der Waals surface area contributed by atoms with Gasteiger partial charge in [-0.25, -0.2) is 4.98 Å². The van der Waals surface area contributed by atoms with Crippen molar-refractivity contribution in [1.29, 1.82) is 0 Å². The number of nitrogens with two attached hydrogens (primary N) is 1. The van der Waals surface area contributed by atoms with Gasteiger partial charge in [0.05, 0.1) is 24.1 Å². The predicted molar refractivity (Wildman–Crippen MR) is 111 cm³/mol. The number of hydrogen-bond acceptors (Lipinski definition) is 7. The molecule has 3 heterocycles. The molecule has 9 nitrogen and oxygen atoms in total. The van der Waals surface area contributed by atoms with Crippen molar-refractivity contribution in [3.05, 3.63) is 41.7 Å². The maximum atomic E-state index is 12.4. The summed E-state index contributed by atoms with van der Waals surface area (Å²) < 4.78 is 7.47. The lowest BCUT2D eigenvalue weighted by Crippen LogP contribution is -2.30. The fourth-order valence-electron chi connectivity index (χ4n) is 3.48. The minimum absolute atomic E-state index is 0.224. The molecule has 0 bridgehead atoms. The highest BCUT2D eigenvalue weighted by Crippen LogP contribution is 2.23. The van der Waals surface area contributed by atoms with Gasteiger partial charge in [-0.15, -0.1) is 0 Å². The number of amides is 2. The molecular weight excluding hydrogens is 384 g/mol. The molecule has 0 fully saturated rings. The number of carbonyl (C=O) groups is 2. The van der Waals surface area contributed by atoms with E-state index in [4.69, 9.17) is 10.5 Å². The van der Waals surface area contributed by atoms with Gasteiger partial charge in [-0.05, 0) is 31.4 Å². The maximum Gasteiger partial charge on any atom is 0.320 e. The van der Waals surface area contributed by atoms with E-state index in [9.17, 15) is 9.59 Å². The largest absolute Gasteiger partial charge is 0.463 e. The Morgan fingerprint density at radius 3 is 2.40 bits per heavy atom. The molecule has 0 radical (unpaired) electrons. The molecule has 0 unspecified atom stereocenters. The lowest BCUT2D eigenvalue weighted by molar-refractivity contribution is 0.0651. The van der Waals surface area contributed by atoms with Gasteiger partial charge in [0, 0.05) is 13.1 Å². The second-order valence-electron chi connectivity index (χ2n) is 7.22. The molecule has 2 amide bonds. The van der Waals surface area contributed by atoms with E-state index in [1.165, 1.54) is 4.90 Å². The smallest absolute Gasteiger partial charge is 0.320 e. The van der Waals surface area contributed by atoms with Crippen molar-refractivity contribution in [1.82, 2.24) is 24.4 Å². The number of anilines is 1. The molecule has 156 valence electrons. The molecule has 0 saturated carbocycles. The number of fused-ring (bicyclic) bond motifs is 2. The van der Waals surface area contributed by atoms with E-state index in [1.807, 2.05) is 4.57 Å². The third-order valence-electron chi connectivity index (χ3n) is 5.11. The van der Waals surface area contributed by atoms with E-state index in [-0.39, 0.29) is 23.6 Å². The number of unbranched alkanes of at least 4 members (excludes halogenated alkanes) is 2. The first-order chi connectivity index (χ1) is 14.6. The van der Waals surface area contributed by atoms with Gasteiger partial charge in [0.25, 0.3) is 11.8 Å². The summed E-state index contributed by atoms with van der Waals surface area (Å²) in [6.07, 6.45) is 5.02. The number of imide groups is 1. The van der Waals surface area contributed by atoms with Crippen molar-refractivity contribution in [2.75, 3.05) is 18.9 Å². The molecule has 2 N–H and O–H groups in total. The molecule has 1 aliphatic rings. The van der Waals surface area contributed by atoms with Crippen LogP contribution in [-0.2, 0) is 6.54 Å². The second-order valence-corrected chi connectivity index (χ2v) is 7.22. The third-order valence-corrected chi connectivity index (χ3v) is 5.11. The number of ether oxygens (including phenoxy) is 1. The van der Waals surface area contributed by atoms with Crippen molar-refractivity contribution in [2.45, 2.75) is 39.2 Å². The van der Waals surface area contributed by atoms with Crippen molar-refractivity contribution in [3.63, 3.8) is 0 Å². The Bertz CT molecular complexity index is 1060. The molecule has 9 heteroatoms. The Balaban J connectivity index is 1.37. The van der Waals surface area contributed by atoms with Gasteiger partial charge < -0.3 is 15.0 Å². The molecule has 0 spiro atoms. The monoisotopic (exact) mass is 408 g/mol. The summed E-state index contributed by atoms with van der Waals surface area (Å²) in [5.41, 5.74) is 8.11. The van der Waals surface area contributed by atoms with Gasteiger partial charge >= 0.3 is 6.01 Å². The third kappa shape index (κ3) is 3.70. The highest BCUT2D eigenvalue weighted by molar-refractivity contribution is 6.21. The van der Waals surface area contributed by atoms with Crippen molar-refractivity contribution < 1.29 is 14.3 Å². The Kier molecular flexibility index (Phi) is 5.60. The first-order valence-corrected chi connectivity index (χ1v) is 10.2. The lowest BCUT2D eigenvalue weighted by Gasteiger charge is -2.13. The molecule has 3 aromatic rings. The van der Waals surface area contributed by atoms with Crippen LogP contribution >= 0.6 is 0 Å². The van der Waals surface area contributed by atoms with E-state index in [1.54, 1.807) is 30.6 Å². The number of imidazole rings is 1. The van der Waals surface area contributed by atoms with Gasteiger partial charge in [-0.3, -0.25) is 14.5 Å². The number of hydrogen-bond donors (Lipinski definition) is 1. The van der Waals surface area contributed by atoms with Crippen molar-refractivity contribution in [2.24, 2.45) is 0 Å². The minimum Gasteiger partial charge on any atom is -0.463 e. The van der Waals surface area contributed by atoms with Crippen LogP contribution < -0.4 is 10.5 Å². The number of nitrogens with zero attached hydrogens (tertiary/aromatic N) is 5. The van der Waals surface area contributed by atoms with Crippen LogP contribution in [0.2, 0.25) is 0 Å². The molecule has 0 atom stereocenters. The van der Waals surface area contributed by atoms with E-state index < -0.39 is 0 Å². The molecule has 1 aromatic carbocycles. The minimum atomic E-state index is -0.224. The zero-order valence-corrected chi connectivity index (χ0v) is 16.9. The van der Waals surface area contributed by atoms with Gasteiger partial charge in [0.15, 0.2) is 11.5 Å². The lowest BCUT2D eigenvalue weighted by atomic mass is 10.1. The zero-order valence-electron chi connectivity index (χ0n) is 16.9. The van der Waals surface area contributed by atoms with Crippen LogP contribution in [0.5, 0.6) is 6.01 Å². The molecule has 1 aliphatic heterocycles. The summed E-state index contributed by atoms with van der Waals surface area (Å²) in [4.78, 5) is 39.1. The van der Waals surface area contributed by atoms with Crippen LogP contribution in [-0.4, -0.2) is 49.4 Å². The van der Waals surface area contributed by atoms with Crippen LogP contribution in [0.25, 0.3) is 11.2 Å². The Labute approximate surface area is 173 Å². The van der Waals surface area contributed by atoms with Crippen LogP contribution in [0, 0.1) is 0 Å². The number of carbonyl (C=O) groups excluding carboxylic acids is 2. The summed E-state index contributed by atoms with van der Waals surface area (Å²) in [5.74, 6) is -0.160. The average Bonchev–Trinajstić information content (AvgIpc) is 3.26.